The molecule has 0 radical (unpaired) electrons. The molecule has 2 heterocycles. The average molecular weight is 508 g/mol. The van der Waals surface area contributed by atoms with Gasteiger partial charge in [0.05, 0.1) is 12.0 Å². The minimum atomic E-state index is -9.87. The molecule has 0 aliphatic carbocycles. The van der Waals surface area contributed by atoms with Crippen molar-refractivity contribution >= 4 is 50.2 Å². The van der Waals surface area contributed by atoms with E-state index >= 15 is 0 Å². The Balaban J connectivity index is 1.49. The van der Waals surface area contributed by atoms with E-state index in [2.05, 4.69) is 10.5 Å². The number of carbonyl (C=O) groups is 2. The van der Waals surface area contributed by atoms with Gasteiger partial charge in [-0.3, -0.25) is 9.59 Å². The summed E-state index contributed by atoms with van der Waals surface area (Å²) in [5.41, 5.74) is 5.93. The molecular formula is C19H17F5N4O5S. The van der Waals surface area contributed by atoms with Gasteiger partial charge < -0.3 is 30.3 Å². The molecule has 2 atom stereocenters. The first-order valence-electron chi connectivity index (χ1n) is 9.55. The predicted molar refractivity (Wildman–Crippen MR) is 113 cm³/mol. The number of nitrogens with two attached hydrogens (primary N) is 1. The highest BCUT2D eigenvalue weighted by Crippen LogP contribution is 3.02. The number of rotatable bonds is 5. The number of amides is 2. The van der Waals surface area contributed by atoms with Crippen LogP contribution in [0.15, 0.2) is 51.9 Å². The molecule has 15 heteroatoms. The summed E-state index contributed by atoms with van der Waals surface area (Å²) in [5, 5.41) is 16.8. The van der Waals surface area contributed by atoms with Crippen LogP contribution in [0.25, 0.3) is 11.0 Å². The first-order valence-corrected chi connectivity index (χ1v) is 11.5. The number of nitrogen functional groups attached to an aromatic ring is 1. The van der Waals surface area contributed by atoms with Gasteiger partial charge in [-0.1, -0.05) is 24.6 Å². The third kappa shape index (κ3) is 4.62. The quantitative estimate of drug-likeness (QED) is 0.447. The number of aliphatic hydroxyl groups excluding tert-OH is 1. The van der Waals surface area contributed by atoms with E-state index in [9.17, 15) is 34.1 Å². The van der Waals surface area contributed by atoms with Gasteiger partial charge >= 0.3 is 10.2 Å². The lowest BCUT2D eigenvalue weighted by molar-refractivity contribution is -0.150. The summed E-state index contributed by atoms with van der Waals surface area (Å²) in [5.74, 6) is -1.81. The number of nitrogens with one attached hydrogen (secondary N) is 1. The predicted octanol–water partition coefficient (Wildman–Crippen LogP) is 3.80. The average Bonchev–Trinajstić information content (AvgIpc) is 3.12. The van der Waals surface area contributed by atoms with Gasteiger partial charge in [0.15, 0.2) is 23.6 Å². The zero-order valence-electron chi connectivity index (χ0n) is 17.0. The van der Waals surface area contributed by atoms with E-state index in [4.69, 9.17) is 15.0 Å². The van der Waals surface area contributed by atoms with Gasteiger partial charge in [-0.25, -0.2) is 0 Å². The highest BCUT2D eigenvalue weighted by atomic mass is 32.5. The van der Waals surface area contributed by atoms with Gasteiger partial charge in [0.25, 0.3) is 11.8 Å². The Morgan fingerprint density at radius 2 is 1.85 bits per heavy atom. The fourth-order valence-corrected chi connectivity index (χ4v) is 4.01. The van der Waals surface area contributed by atoms with E-state index < -0.39 is 39.1 Å². The number of benzene rings is 2. The molecule has 9 nitrogen and oxygen atoms in total. The summed E-state index contributed by atoms with van der Waals surface area (Å²) in [4.78, 5) is 24.1. The van der Waals surface area contributed by atoms with Crippen molar-refractivity contribution < 1.29 is 43.4 Å². The number of aliphatic hydroxyl groups is 1. The van der Waals surface area contributed by atoms with Gasteiger partial charge in [0, 0.05) is 24.0 Å². The van der Waals surface area contributed by atoms with E-state index in [1.54, 1.807) is 0 Å². The summed E-state index contributed by atoms with van der Waals surface area (Å²) in [7, 11) is -9.87. The molecule has 1 unspecified atom stereocenters. The zero-order valence-corrected chi connectivity index (χ0v) is 17.8. The number of nitrogens with zero attached hydrogens (tertiary/aromatic N) is 2. The Morgan fingerprint density at radius 1 is 1.18 bits per heavy atom. The first kappa shape index (κ1) is 23.7. The molecule has 2 aromatic carbocycles. The summed E-state index contributed by atoms with van der Waals surface area (Å²) in [6, 6.07) is 6.12. The molecule has 0 bridgehead atoms. The van der Waals surface area contributed by atoms with E-state index in [1.807, 2.05) is 0 Å². The number of halogens is 5. The van der Waals surface area contributed by atoms with E-state index in [-0.39, 0.29) is 48.1 Å². The largest absolute Gasteiger partial charge is 0.380 e. The van der Waals surface area contributed by atoms with Crippen molar-refractivity contribution in [2.45, 2.75) is 17.1 Å². The highest BCUT2D eigenvalue weighted by molar-refractivity contribution is 8.45. The van der Waals surface area contributed by atoms with Crippen molar-refractivity contribution in [1.82, 2.24) is 5.16 Å². The van der Waals surface area contributed by atoms with Crippen LogP contribution in [0, 0.1) is 0 Å². The highest BCUT2D eigenvalue weighted by Gasteiger charge is 2.65. The number of anilines is 3. The molecule has 184 valence electrons. The molecule has 1 aliphatic rings. The van der Waals surface area contributed by atoms with Crippen molar-refractivity contribution in [2.75, 3.05) is 29.1 Å². The molecular weight excluding hydrogens is 491 g/mol. The number of aromatic nitrogens is 1. The topological polar surface area (TPSA) is 131 Å². The molecule has 1 fully saturated rings. The van der Waals surface area contributed by atoms with Crippen LogP contribution in [0.3, 0.4) is 0 Å². The summed E-state index contributed by atoms with van der Waals surface area (Å²) < 4.78 is 74.8. The maximum absolute atomic E-state index is 12.9. The van der Waals surface area contributed by atoms with Crippen molar-refractivity contribution in [2.24, 2.45) is 0 Å². The third-order valence-electron chi connectivity index (χ3n) is 5.04. The van der Waals surface area contributed by atoms with Crippen molar-refractivity contribution in [3.63, 3.8) is 0 Å². The number of morpholine rings is 1. The lowest BCUT2D eigenvalue weighted by atomic mass is 10.1. The number of hydrogen-bond acceptors (Lipinski definition) is 7. The first-order chi connectivity index (χ1) is 15.6. The Labute approximate surface area is 188 Å². The fraction of sp³-hybridized carbons (Fsp3) is 0.211. The lowest BCUT2D eigenvalue weighted by Gasteiger charge is -2.40. The second kappa shape index (κ2) is 7.28. The molecule has 1 aliphatic heterocycles. The molecule has 1 aromatic heterocycles. The minimum absolute atomic E-state index is 0.134. The maximum Gasteiger partial charge on any atom is 0.310 e. The van der Waals surface area contributed by atoms with Crippen LogP contribution in [0.4, 0.5) is 36.6 Å². The van der Waals surface area contributed by atoms with Crippen LogP contribution in [0.5, 0.6) is 0 Å². The Morgan fingerprint density at radius 3 is 2.50 bits per heavy atom. The van der Waals surface area contributed by atoms with Crippen LogP contribution in [0.2, 0.25) is 0 Å². The van der Waals surface area contributed by atoms with Crippen LogP contribution in [-0.2, 0) is 14.3 Å². The number of fused-ring (bicyclic) bond motifs is 1. The maximum atomic E-state index is 12.9. The van der Waals surface area contributed by atoms with Crippen molar-refractivity contribution in [1.29, 1.82) is 0 Å². The monoisotopic (exact) mass is 508 g/mol. The molecule has 3 aromatic rings. The van der Waals surface area contributed by atoms with E-state index in [1.165, 1.54) is 18.2 Å². The second-order valence-corrected chi connectivity index (χ2v) is 9.87. The molecule has 0 spiro atoms. The lowest BCUT2D eigenvalue weighted by Crippen LogP contribution is -2.55. The number of hydrogen-bond donors (Lipinski definition) is 3. The summed E-state index contributed by atoms with van der Waals surface area (Å²) in [6.45, 7) is -0.309. The molecule has 0 saturated carbocycles. The van der Waals surface area contributed by atoms with Crippen molar-refractivity contribution in [3.8, 4) is 0 Å². The van der Waals surface area contributed by atoms with Crippen LogP contribution < -0.4 is 16.0 Å². The van der Waals surface area contributed by atoms with Crippen molar-refractivity contribution in [3.05, 3.63) is 42.5 Å². The van der Waals surface area contributed by atoms with Crippen LogP contribution in [-0.4, -0.2) is 47.4 Å². The second-order valence-electron chi connectivity index (χ2n) is 7.46. The Kier molecular flexibility index (Phi) is 5.08. The molecule has 2 amide bonds. The summed E-state index contributed by atoms with van der Waals surface area (Å²) >= 11 is 0. The van der Waals surface area contributed by atoms with Gasteiger partial charge in [-0.05, 0) is 36.4 Å². The van der Waals surface area contributed by atoms with E-state index in [0.717, 1.165) is 4.90 Å². The van der Waals surface area contributed by atoms with Gasteiger partial charge in [0.1, 0.15) is 4.90 Å². The van der Waals surface area contributed by atoms with Gasteiger partial charge in [-0.15, -0.1) is 0 Å². The van der Waals surface area contributed by atoms with Crippen LogP contribution >= 0.6 is 10.2 Å². The molecule has 34 heavy (non-hydrogen) atoms. The molecule has 1 saturated heterocycles. The molecule has 4 N–H and O–H groups in total. The number of ether oxygens (including phenoxy) is 1. The zero-order chi connectivity index (χ0) is 25.0. The SMILES string of the molecule is Nc1noc2cc(NC(=O)C(O)[C@H]3OCCN(c4ccc(S(F)(F)(F)(F)F)cc4)C3=O)ccc12. The third-order valence-corrected chi connectivity index (χ3v) is 6.20. The van der Waals surface area contributed by atoms with Gasteiger partial charge in [-0.2, -0.15) is 0 Å². The minimum Gasteiger partial charge on any atom is -0.380 e. The van der Waals surface area contributed by atoms with E-state index in [0.29, 0.717) is 17.5 Å². The Bertz CT molecular complexity index is 1280. The van der Waals surface area contributed by atoms with Crippen LogP contribution in [0.1, 0.15) is 0 Å². The Hall–Kier alpha value is -3.43. The normalized spacial score (nSPS) is 20.0. The smallest absolute Gasteiger partial charge is 0.310 e. The number of carbonyl (C=O) groups excluding carboxylic acids is 2. The molecule has 4 rings (SSSR count). The van der Waals surface area contributed by atoms with Gasteiger partial charge in [0.2, 0.25) is 0 Å². The standard InChI is InChI=1S/C19H17F5N4O5S/c20-34(21,22,23,24)12-4-2-11(3-5-12)28-7-8-32-16(19(28)31)15(29)18(30)26-10-1-6-13-14(9-10)33-27-17(13)25/h1-6,9,15-16,29H,7-8H2,(H2,25,27)(H,26,30)/t15?,16-/m1/s1. The fourth-order valence-electron chi connectivity index (χ4n) is 3.36. The summed E-state index contributed by atoms with van der Waals surface area (Å²) in [6.07, 6.45) is -3.68.